The van der Waals surface area contributed by atoms with E-state index in [9.17, 15) is 0 Å². The molecule has 1 aromatic rings. The fraction of sp³-hybridized carbons (Fsp3) is 0.571. The van der Waals surface area contributed by atoms with Gasteiger partial charge in [0.2, 0.25) is 0 Å². The van der Waals surface area contributed by atoms with Crippen LogP contribution in [0.4, 0.5) is 0 Å². The van der Waals surface area contributed by atoms with Crippen LogP contribution < -0.4 is 16.0 Å². The van der Waals surface area contributed by atoms with E-state index in [1.54, 1.807) is 0 Å². The van der Waals surface area contributed by atoms with Crippen LogP contribution in [-0.4, -0.2) is 18.5 Å². The normalized spacial score (nSPS) is 15.2. The molecule has 18 heavy (non-hydrogen) atoms. The van der Waals surface area contributed by atoms with Crippen molar-refractivity contribution < 1.29 is 4.74 Å². The number of nitrogens with one attached hydrogen (secondary N) is 1. The quantitative estimate of drug-likeness (QED) is 0.454. The Morgan fingerprint density at radius 1 is 1.39 bits per heavy atom. The Balaban J connectivity index is 1.85. The molecule has 0 bridgehead atoms. The number of halogens is 1. The molecule has 1 aromatic carbocycles. The Labute approximate surface area is 114 Å². The van der Waals surface area contributed by atoms with Crippen LogP contribution in [0.1, 0.15) is 30.4 Å². The van der Waals surface area contributed by atoms with Crippen LogP contribution in [0.25, 0.3) is 0 Å². The van der Waals surface area contributed by atoms with Crippen LogP contribution in [-0.2, 0) is 12.8 Å². The molecule has 1 aliphatic heterocycles. The number of hydrogen-bond donors (Lipinski definition) is 2. The van der Waals surface area contributed by atoms with Crippen molar-refractivity contribution in [3.8, 4) is 5.75 Å². The van der Waals surface area contributed by atoms with E-state index in [0.29, 0.717) is 11.9 Å². The summed E-state index contributed by atoms with van der Waals surface area (Å²) in [4.78, 5) is 0. The van der Waals surface area contributed by atoms with Crippen molar-refractivity contribution in [2.75, 3.05) is 12.5 Å². The number of rotatable bonds is 7. The molecule has 100 valence electrons. The zero-order valence-corrected chi connectivity index (χ0v) is 11.4. The van der Waals surface area contributed by atoms with Gasteiger partial charge in [0, 0.05) is 18.3 Å². The third-order valence-corrected chi connectivity index (χ3v) is 3.72. The number of hydrogen-bond acceptors (Lipinski definition) is 3. The maximum Gasteiger partial charge on any atom is 0.122 e. The second-order valence-corrected chi connectivity index (χ2v) is 5.15. The van der Waals surface area contributed by atoms with Crippen LogP contribution in [0.15, 0.2) is 18.2 Å². The number of ether oxygens (including phenoxy) is 1. The van der Waals surface area contributed by atoms with E-state index in [-0.39, 0.29) is 0 Å². The van der Waals surface area contributed by atoms with Gasteiger partial charge >= 0.3 is 0 Å². The van der Waals surface area contributed by atoms with E-state index in [1.165, 1.54) is 11.1 Å². The third-order valence-electron chi connectivity index (χ3n) is 3.46. The smallest absolute Gasteiger partial charge is 0.122 e. The predicted molar refractivity (Wildman–Crippen MR) is 75.0 cm³/mol. The number of aryl methyl sites for hydroxylation is 1. The summed E-state index contributed by atoms with van der Waals surface area (Å²) in [5.74, 6) is 7.31. The van der Waals surface area contributed by atoms with Gasteiger partial charge in [-0.15, -0.1) is 11.6 Å². The molecular weight excluding hydrogens is 248 g/mol. The molecule has 1 aliphatic rings. The highest BCUT2D eigenvalue weighted by Gasteiger charge is 2.12. The fourth-order valence-electron chi connectivity index (χ4n) is 2.37. The monoisotopic (exact) mass is 268 g/mol. The Kier molecular flexibility index (Phi) is 5.29. The van der Waals surface area contributed by atoms with E-state index in [1.807, 2.05) is 0 Å². The van der Waals surface area contributed by atoms with Gasteiger partial charge in [0.25, 0.3) is 0 Å². The van der Waals surface area contributed by atoms with Crippen molar-refractivity contribution in [1.82, 2.24) is 5.43 Å². The van der Waals surface area contributed by atoms with Crippen molar-refractivity contribution in [3.05, 3.63) is 29.3 Å². The van der Waals surface area contributed by atoms with Crippen molar-refractivity contribution in [2.24, 2.45) is 5.84 Å². The van der Waals surface area contributed by atoms with Gasteiger partial charge in [0.15, 0.2) is 0 Å². The second kappa shape index (κ2) is 6.98. The summed E-state index contributed by atoms with van der Waals surface area (Å²) in [7, 11) is 0. The molecule has 3 nitrogen and oxygen atoms in total. The molecule has 1 heterocycles. The molecule has 0 fully saturated rings. The summed E-state index contributed by atoms with van der Waals surface area (Å²) in [6.45, 7) is 0.821. The third kappa shape index (κ3) is 3.61. The molecule has 4 heteroatoms. The Hall–Kier alpha value is -0.770. The average molecular weight is 269 g/mol. The molecule has 0 aliphatic carbocycles. The van der Waals surface area contributed by atoms with Gasteiger partial charge in [-0.05, 0) is 42.9 Å². The lowest BCUT2D eigenvalue weighted by molar-refractivity contribution is 0.357. The first kappa shape index (κ1) is 13.7. The minimum atomic E-state index is 0.355. The van der Waals surface area contributed by atoms with Crippen molar-refractivity contribution in [3.63, 3.8) is 0 Å². The summed E-state index contributed by atoms with van der Waals surface area (Å²) in [5, 5.41) is 0. The van der Waals surface area contributed by atoms with Gasteiger partial charge < -0.3 is 4.74 Å². The van der Waals surface area contributed by atoms with Gasteiger partial charge in [0.1, 0.15) is 5.75 Å². The largest absolute Gasteiger partial charge is 0.493 e. The first-order chi connectivity index (χ1) is 8.83. The van der Waals surface area contributed by atoms with Crippen LogP contribution in [0.2, 0.25) is 0 Å². The molecule has 0 spiro atoms. The molecule has 0 saturated heterocycles. The zero-order valence-electron chi connectivity index (χ0n) is 10.6. The lowest BCUT2D eigenvalue weighted by atomic mass is 10.0. The van der Waals surface area contributed by atoms with E-state index < -0.39 is 0 Å². The first-order valence-corrected chi connectivity index (χ1v) is 7.13. The Bertz CT molecular complexity index is 384. The van der Waals surface area contributed by atoms with E-state index >= 15 is 0 Å². The lowest BCUT2D eigenvalue weighted by Crippen LogP contribution is -2.35. The highest BCUT2D eigenvalue weighted by Crippen LogP contribution is 2.26. The predicted octanol–water partition coefficient (Wildman–Crippen LogP) is 2.41. The highest BCUT2D eigenvalue weighted by atomic mass is 35.5. The molecule has 0 amide bonds. The maximum atomic E-state index is 5.70. The number of nitrogens with two attached hydrogens (primary N) is 1. The summed E-state index contributed by atoms with van der Waals surface area (Å²) in [6, 6.07) is 6.85. The Morgan fingerprint density at radius 3 is 3.06 bits per heavy atom. The minimum Gasteiger partial charge on any atom is -0.493 e. The molecule has 0 aromatic heterocycles. The number of hydrazine groups is 1. The number of fused-ring (bicyclic) bond motifs is 1. The van der Waals surface area contributed by atoms with Gasteiger partial charge in [-0.1, -0.05) is 12.1 Å². The molecule has 0 radical (unpaired) electrons. The fourth-order valence-corrected chi connectivity index (χ4v) is 2.53. The number of alkyl halides is 1. The molecule has 3 N–H and O–H groups in total. The van der Waals surface area contributed by atoms with Crippen LogP contribution in [0.3, 0.4) is 0 Å². The van der Waals surface area contributed by atoms with Gasteiger partial charge in [-0.3, -0.25) is 11.3 Å². The van der Waals surface area contributed by atoms with Gasteiger partial charge in [0.05, 0.1) is 6.61 Å². The summed E-state index contributed by atoms with van der Waals surface area (Å²) in [6.07, 6.45) is 5.17. The van der Waals surface area contributed by atoms with Crippen molar-refractivity contribution in [1.29, 1.82) is 0 Å². The molecule has 2 rings (SSSR count). The lowest BCUT2D eigenvalue weighted by Gasteiger charge is -2.15. The highest BCUT2D eigenvalue weighted by molar-refractivity contribution is 6.17. The van der Waals surface area contributed by atoms with Gasteiger partial charge in [-0.2, -0.15) is 0 Å². The standard InChI is InChI=1S/C14H21ClN2O/c15-8-1-2-13(17-16)5-3-11-4-6-14-12(10-11)7-9-18-14/h4,6,10,13,17H,1-3,5,7-9,16H2. The molecular formula is C14H21ClN2O. The van der Waals surface area contributed by atoms with Crippen LogP contribution >= 0.6 is 11.6 Å². The molecule has 0 saturated carbocycles. The van der Waals surface area contributed by atoms with Crippen molar-refractivity contribution in [2.45, 2.75) is 38.1 Å². The second-order valence-electron chi connectivity index (χ2n) is 4.77. The van der Waals surface area contributed by atoms with E-state index in [2.05, 4.69) is 23.6 Å². The van der Waals surface area contributed by atoms with E-state index in [4.69, 9.17) is 22.2 Å². The average Bonchev–Trinajstić information content (AvgIpc) is 2.86. The molecule has 1 atom stereocenters. The van der Waals surface area contributed by atoms with Crippen molar-refractivity contribution >= 4 is 11.6 Å². The SMILES string of the molecule is NNC(CCCCl)CCc1ccc2c(c1)CCO2. The Morgan fingerprint density at radius 2 is 2.28 bits per heavy atom. The maximum absolute atomic E-state index is 5.70. The summed E-state index contributed by atoms with van der Waals surface area (Å²) >= 11 is 5.70. The minimum absolute atomic E-state index is 0.355. The summed E-state index contributed by atoms with van der Waals surface area (Å²) in [5.41, 5.74) is 5.58. The van der Waals surface area contributed by atoms with E-state index in [0.717, 1.165) is 44.5 Å². The number of benzene rings is 1. The first-order valence-electron chi connectivity index (χ1n) is 6.60. The van der Waals surface area contributed by atoms with Crippen LogP contribution in [0.5, 0.6) is 5.75 Å². The topological polar surface area (TPSA) is 47.3 Å². The van der Waals surface area contributed by atoms with Gasteiger partial charge in [-0.25, -0.2) is 0 Å². The zero-order chi connectivity index (χ0) is 12.8. The summed E-state index contributed by atoms with van der Waals surface area (Å²) < 4.78 is 5.51. The molecule has 1 unspecified atom stereocenters. The van der Waals surface area contributed by atoms with Crippen LogP contribution in [0, 0.1) is 0 Å².